The zero-order valence-corrected chi connectivity index (χ0v) is 16.5. The Hall–Kier alpha value is -3.27. The number of aromatic nitrogens is 2. The Bertz CT molecular complexity index is 1120. The number of sulfonamides is 1. The smallest absolute Gasteiger partial charge is 0.264 e. The van der Waals surface area contributed by atoms with Gasteiger partial charge in [-0.25, -0.2) is 27.2 Å². The average molecular weight is 419 g/mol. The van der Waals surface area contributed by atoms with Gasteiger partial charge in [0, 0.05) is 30.1 Å². The van der Waals surface area contributed by atoms with E-state index in [1.807, 2.05) is 6.92 Å². The van der Waals surface area contributed by atoms with Crippen LogP contribution in [0.25, 0.3) is 0 Å². The molecule has 3 rings (SSSR count). The quantitative estimate of drug-likeness (QED) is 0.535. The van der Waals surface area contributed by atoms with Gasteiger partial charge in [-0.2, -0.15) is 0 Å². The molecule has 0 unspecified atom stereocenters. The van der Waals surface area contributed by atoms with Crippen LogP contribution >= 0.6 is 0 Å². The molecule has 3 N–H and O–H groups in total. The van der Waals surface area contributed by atoms with Crippen LogP contribution < -0.4 is 15.4 Å². The van der Waals surface area contributed by atoms with E-state index in [1.165, 1.54) is 12.1 Å². The molecule has 0 fully saturated rings. The Labute approximate surface area is 167 Å². The molecule has 1 heterocycles. The first-order chi connectivity index (χ1) is 13.8. The lowest BCUT2D eigenvalue weighted by Crippen LogP contribution is -2.14. The lowest BCUT2D eigenvalue weighted by molar-refractivity contribution is 0.551. The predicted molar refractivity (Wildman–Crippen MR) is 108 cm³/mol. The molecule has 0 amide bonds. The SMILES string of the molecule is CCNc1cc(Nc2ccc(NS(=O)(=O)c3ccc(F)cc3F)cc2)nc(C)n1. The summed E-state index contributed by atoms with van der Waals surface area (Å²) in [6.07, 6.45) is 0. The number of aryl methyl sites for hydroxylation is 1. The first-order valence-electron chi connectivity index (χ1n) is 8.71. The fourth-order valence-electron chi connectivity index (χ4n) is 2.58. The zero-order valence-electron chi connectivity index (χ0n) is 15.7. The van der Waals surface area contributed by atoms with Gasteiger partial charge in [-0.15, -0.1) is 0 Å². The fourth-order valence-corrected chi connectivity index (χ4v) is 3.70. The van der Waals surface area contributed by atoms with Crippen LogP contribution in [-0.4, -0.2) is 24.9 Å². The summed E-state index contributed by atoms with van der Waals surface area (Å²) in [7, 11) is -4.19. The first kappa shape index (κ1) is 20.5. The van der Waals surface area contributed by atoms with Crippen LogP contribution in [0.3, 0.4) is 0 Å². The van der Waals surface area contributed by atoms with E-state index in [0.717, 1.165) is 18.7 Å². The molecule has 0 bridgehead atoms. The van der Waals surface area contributed by atoms with Gasteiger partial charge < -0.3 is 10.6 Å². The molecule has 0 aliphatic heterocycles. The molecule has 152 valence electrons. The Morgan fingerprint density at radius 1 is 0.931 bits per heavy atom. The third-order valence-electron chi connectivity index (χ3n) is 3.79. The van der Waals surface area contributed by atoms with Crippen molar-refractivity contribution in [2.45, 2.75) is 18.7 Å². The molecule has 0 spiro atoms. The van der Waals surface area contributed by atoms with Gasteiger partial charge in [-0.3, -0.25) is 4.72 Å². The van der Waals surface area contributed by atoms with Gasteiger partial charge in [0.05, 0.1) is 0 Å². The topological polar surface area (TPSA) is 96.0 Å². The van der Waals surface area contributed by atoms with Gasteiger partial charge >= 0.3 is 0 Å². The monoisotopic (exact) mass is 419 g/mol. The third kappa shape index (κ3) is 5.17. The Morgan fingerprint density at radius 2 is 1.59 bits per heavy atom. The summed E-state index contributed by atoms with van der Waals surface area (Å²) >= 11 is 0. The molecule has 3 aromatic rings. The van der Waals surface area contributed by atoms with Gasteiger partial charge in [0.25, 0.3) is 10.0 Å². The van der Waals surface area contributed by atoms with Crippen molar-refractivity contribution >= 4 is 33.0 Å². The van der Waals surface area contributed by atoms with Crippen molar-refractivity contribution in [1.29, 1.82) is 0 Å². The maximum atomic E-state index is 13.8. The normalized spacial score (nSPS) is 11.2. The average Bonchev–Trinajstić information content (AvgIpc) is 2.62. The summed E-state index contributed by atoms with van der Waals surface area (Å²) in [6.45, 7) is 4.46. The van der Waals surface area contributed by atoms with E-state index in [-0.39, 0.29) is 5.69 Å². The molecule has 29 heavy (non-hydrogen) atoms. The summed E-state index contributed by atoms with van der Waals surface area (Å²) in [5.41, 5.74) is 0.896. The van der Waals surface area contributed by atoms with E-state index in [1.54, 1.807) is 25.1 Å². The minimum absolute atomic E-state index is 0.228. The second kappa shape index (κ2) is 8.39. The predicted octanol–water partition coefficient (Wildman–Crippen LogP) is 4.04. The summed E-state index contributed by atoms with van der Waals surface area (Å²) in [6, 6.07) is 10.4. The van der Waals surface area contributed by atoms with Crippen molar-refractivity contribution in [1.82, 2.24) is 9.97 Å². The zero-order chi connectivity index (χ0) is 21.0. The molecule has 0 saturated heterocycles. The summed E-state index contributed by atoms with van der Waals surface area (Å²) in [4.78, 5) is 7.94. The third-order valence-corrected chi connectivity index (χ3v) is 5.20. The minimum Gasteiger partial charge on any atom is -0.370 e. The van der Waals surface area contributed by atoms with Gasteiger partial charge in [0.2, 0.25) is 0 Å². The number of hydrogen-bond acceptors (Lipinski definition) is 6. The molecular weight excluding hydrogens is 400 g/mol. The summed E-state index contributed by atoms with van der Waals surface area (Å²) in [5, 5.41) is 6.22. The highest BCUT2D eigenvalue weighted by Crippen LogP contribution is 2.23. The van der Waals surface area contributed by atoms with Crippen LogP contribution in [0, 0.1) is 18.6 Å². The molecule has 0 radical (unpaired) electrons. The maximum absolute atomic E-state index is 13.8. The van der Waals surface area contributed by atoms with E-state index in [2.05, 4.69) is 25.3 Å². The van der Waals surface area contributed by atoms with E-state index >= 15 is 0 Å². The van der Waals surface area contributed by atoms with Crippen molar-refractivity contribution in [3.63, 3.8) is 0 Å². The first-order valence-corrected chi connectivity index (χ1v) is 10.2. The molecule has 0 aliphatic rings. The second-order valence-electron chi connectivity index (χ2n) is 6.10. The highest BCUT2D eigenvalue weighted by atomic mass is 32.2. The van der Waals surface area contributed by atoms with Crippen molar-refractivity contribution in [2.24, 2.45) is 0 Å². The lowest BCUT2D eigenvalue weighted by Gasteiger charge is -2.11. The van der Waals surface area contributed by atoms with Crippen LogP contribution in [0.5, 0.6) is 0 Å². The highest BCUT2D eigenvalue weighted by Gasteiger charge is 2.19. The van der Waals surface area contributed by atoms with Gasteiger partial charge in [-0.05, 0) is 50.2 Å². The standard InChI is InChI=1S/C19H19F2N5O2S/c1-3-22-18-11-19(24-12(2)23-18)25-14-5-7-15(8-6-14)26-29(27,28)17-9-4-13(20)10-16(17)21/h4-11,26H,3H2,1-2H3,(H2,22,23,24,25). The molecule has 10 heteroatoms. The van der Waals surface area contributed by atoms with E-state index in [4.69, 9.17) is 0 Å². The molecule has 0 atom stereocenters. The lowest BCUT2D eigenvalue weighted by atomic mass is 10.3. The molecule has 0 saturated carbocycles. The number of benzene rings is 2. The molecule has 0 aliphatic carbocycles. The number of nitrogens with one attached hydrogen (secondary N) is 3. The number of nitrogens with zero attached hydrogens (tertiary/aromatic N) is 2. The number of rotatable bonds is 7. The van der Waals surface area contributed by atoms with Crippen molar-refractivity contribution in [2.75, 3.05) is 21.9 Å². The molecule has 1 aromatic heterocycles. The van der Waals surface area contributed by atoms with Gasteiger partial charge in [0.15, 0.2) is 0 Å². The molecule has 7 nitrogen and oxygen atoms in total. The van der Waals surface area contributed by atoms with Crippen molar-refractivity contribution < 1.29 is 17.2 Å². The Morgan fingerprint density at radius 3 is 2.24 bits per heavy atom. The molecule has 2 aromatic carbocycles. The van der Waals surface area contributed by atoms with Crippen LogP contribution in [0.2, 0.25) is 0 Å². The number of anilines is 4. The van der Waals surface area contributed by atoms with E-state index < -0.39 is 26.6 Å². The van der Waals surface area contributed by atoms with Crippen molar-refractivity contribution in [3.05, 3.63) is 66.0 Å². The molecular formula is C19H19F2N5O2S. The van der Waals surface area contributed by atoms with E-state index in [9.17, 15) is 17.2 Å². The number of hydrogen-bond donors (Lipinski definition) is 3. The van der Waals surface area contributed by atoms with Crippen LogP contribution in [-0.2, 0) is 10.0 Å². The fraction of sp³-hybridized carbons (Fsp3) is 0.158. The van der Waals surface area contributed by atoms with Crippen LogP contribution in [0.4, 0.5) is 31.8 Å². The highest BCUT2D eigenvalue weighted by molar-refractivity contribution is 7.92. The second-order valence-corrected chi connectivity index (χ2v) is 7.75. The van der Waals surface area contributed by atoms with Crippen LogP contribution in [0.1, 0.15) is 12.7 Å². The Kier molecular flexibility index (Phi) is 5.92. The summed E-state index contributed by atoms with van der Waals surface area (Å²) < 4.78 is 53.7. The van der Waals surface area contributed by atoms with Crippen molar-refractivity contribution in [3.8, 4) is 0 Å². The maximum Gasteiger partial charge on any atom is 0.264 e. The summed E-state index contributed by atoms with van der Waals surface area (Å²) in [5.74, 6) is -0.152. The minimum atomic E-state index is -4.19. The van der Waals surface area contributed by atoms with Gasteiger partial charge in [-0.1, -0.05) is 0 Å². The van der Waals surface area contributed by atoms with E-state index in [0.29, 0.717) is 29.2 Å². The number of halogens is 2. The largest absolute Gasteiger partial charge is 0.370 e. The van der Waals surface area contributed by atoms with Gasteiger partial charge in [0.1, 0.15) is 34.0 Å². The Balaban J connectivity index is 1.75. The van der Waals surface area contributed by atoms with Crippen LogP contribution in [0.15, 0.2) is 53.4 Å².